The molecule has 0 radical (unpaired) electrons. The van der Waals surface area contributed by atoms with Crippen molar-refractivity contribution in [1.82, 2.24) is 40.8 Å². The monoisotopic (exact) mass is 856 g/mol. The second-order valence-corrected chi connectivity index (χ2v) is 17.4. The summed E-state index contributed by atoms with van der Waals surface area (Å²) in [7, 11) is 2.85. The van der Waals surface area contributed by atoms with Gasteiger partial charge < -0.3 is 35.0 Å². The van der Waals surface area contributed by atoms with Gasteiger partial charge in [-0.2, -0.15) is 0 Å². The molecule has 5 atom stereocenters. The number of carbonyl (C=O) groups excluding carboxylic acids is 4. The van der Waals surface area contributed by atoms with E-state index in [-0.39, 0.29) is 31.5 Å². The first-order chi connectivity index (χ1) is 29.2. The number of urea groups is 1. The van der Waals surface area contributed by atoms with E-state index in [0.29, 0.717) is 32.7 Å². The van der Waals surface area contributed by atoms with Crippen LogP contribution in [0.1, 0.15) is 62.9 Å². The van der Waals surface area contributed by atoms with Crippen LogP contribution in [0.2, 0.25) is 0 Å². The number of nitrogens with one attached hydrogen (secondary N) is 3. The number of thiazole rings is 1. The lowest BCUT2D eigenvalue weighted by Crippen LogP contribution is -2.60. The first-order valence-corrected chi connectivity index (χ1v) is 21.5. The molecule has 5 amide bonds. The topological polar surface area (TPSA) is 179 Å². The van der Waals surface area contributed by atoms with Gasteiger partial charge in [-0.05, 0) is 41.0 Å². The molecule has 0 spiro atoms. The standard InChI is InChI=1S/C45H60N8O7S/c1-8-30(2)39(49-43(57)60-7)41(55)50-52(25-32-17-19-33(20-18-32)35-16-12-13-21-46-35)27-37(54)36(24-31-14-10-9-11-15-31)48-42(56)40(45(3,4)5)53-23-22-51(44(53)58)26-34-29-61-38(47-34)28-59-6/h9-21,29-30,36-37,39-40,54H,8,22-28H2,1-7H3,(H,48,56)(H,49,57)(H,50,55)/t30-,36-,37-,39-,40+/m0/s1. The second kappa shape index (κ2) is 21.9. The molecule has 2 aromatic carbocycles. The number of benzene rings is 2. The van der Waals surface area contributed by atoms with Gasteiger partial charge >= 0.3 is 12.1 Å². The SMILES string of the molecule is CC[C@H](C)[C@H](NC(=O)OC)C(=O)NN(Cc1ccc(-c2ccccn2)cc1)C[C@H](O)[C@H](Cc1ccccc1)NC(=O)[C@@H](N1CCN(Cc2csc(COC)n2)C1=O)C(C)(C)C. The number of nitrogens with zero attached hydrogens (tertiary/aromatic N) is 5. The highest BCUT2D eigenvalue weighted by molar-refractivity contribution is 7.09. The molecular weight excluding hydrogens is 797 g/mol. The fourth-order valence-electron chi connectivity index (χ4n) is 7.36. The molecule has 61 heavy (non-hydrogen) atoms. The van der Waals surface area contributed by atoms with E-state index < -0.39 is 47.6 Å². The number of alkyl carbamates (subject to hydrolysis) is 1. The molecule has 1 aliphatic heterocycles. The fourth-order valence-corrected chi connectivity index (χ4v) is 8.12. The summed E-state index contributed by atoms with van der Waals surface area (Å²) in [5.74, 6) is -1.14. The summed E-state index contributed by atoms with van der Waals surface area (Å²) in [4.78, 5) is 67.2. The maximum Gasteiger partial charge on any atom is 0.407 e. The number of aromatic nitrogens is 2. The minimum atomic E-state index is -1.22. The number of carbonyl (C=O) groups is 4. The maximum atomic E-state index is 14.6. The van der Waals surface area contributed by atoms with Crippen LogP contribution in [0.5, 0.6) is 0 Å². The number of pyridine rings is 1. The Kier molecular flexibility index (Phi) is 16.7. The van der Waals surface area contributed by atoms with Crippen molar-refractivity contribution in [2.24, 2.45) is 11.3 Å². The molecule has 16 heteroatoms. The number of aliphatic hydroxyl groups is 1. The van der Waals surface area contributed by atoms with Crippen molar-refractivity contribution in [1.29, 1.82) is 0 Å². The Morgan fingerprint density at radius 3 is 2.31 bits per heavy atom. The second-order valence-electron chi connectivity index (χ2n) is 16.5. The molecule has 2 aromatic heterocycles. The number of rotatable bonds is 20. The molecule has 1 fully saturated rings. The minimum absolute atomic E-state index is 0.105. The summed E-state index contributed by atoms with van der Waals surface area (Å²) in [5, 5.41) is 22.3. The Hall–Kier alpha value is -5.42. The average Bonchev–Trinajstić information content (AvgIpc) is 3.84. The number of amides is 5. The number of ether oxygens (including phenoxy) is 2. The van der Waals surface area contributed by atoms with Crippen LogP contribution in [0.4, 0.5) is 9.59 Å². The van der Waals surface area contributed by atoms with Crippen molar-refractivity contribution in [3.63, 3.8) is 0 Å². The lowest BCUT2D eigenvalue weighted by molar-refractivity contribution is -0.132. The molecule has 1 aliphatic rings. The quantitative estimate of drug-likeness (QED) is 0.0843. The third-order valence-electron chi connectivity index (χ3n) is 10.7. The first-order valence-electron chi connectivity index (χ1n) is 20.6. The number of methoxy groups -OCH3 is 2. The van der Waals surface area contributed by atoms with Gasteiger partial charge in [0.15, 0.2) is 0 Å². The van der Waals surface area contributed by atoms with Crippen LogP contribution in [-0.4, -0.2) is 112 Å². The Morgan fingerprint density at radius 2 is 1.67 bits per heavy atom. The van der Waals surface area contributed by atoms with E-state index in [1.165, 1.54) is 18.4 Å². The van der Waals surface area contributed by atoms with Crippen LogP contribution < -0.4 is 16.1 Å². The molecule has 328 valence electrons. The predicted octanol–water partition coefficient (Wildman–Crippen LogP) is 5.40. The van der Waals surface area contributed by atoms with Crippen molar-refractivity contribution in [3.05, 3.63) is 106 Å². The molecular formula is C45H60N8O7S. The van der Waals surface area contributed by atoms with Crippen molar-refractivity contribution >= 4 is 35.3 Å². The summed E-state index contributed by atoms with van der Waals surface area (Å²) in [6.45, 7) is 11.1. The first kappa shape index (κ1) is 46.6. The Bertz CT molecular complexity index is 2030. The van der Waals surface area contributed by atoms with E-state index in [1.54, 1.807) is 28.1 Å². The van der Waals surface area contributed by atoms with Gasteiger partial charge in [0.25, 0.3) is 5.91 Å². The lowest BCUT2D eigenvalue weighted by atomic mass is 9.84. The summed E-state index contributed by atoms with van der Waals surface area (Å²) >= 11 is 1.47. The fraction of sp³-hybridized carbons (Fsp3) is 0.467. The zero-order valence-electron chi connectivity index (χ0n) is 36.2. The molecule has 1 saturated heterocycles. The summed E-state index contributed by atoms with van der Waals surface area (Å²) in [6, 6.07) is 20.0. The molecule has 3 heterocycles. The van der Waals surface area contributed by atoms with Crippen LogP contribution in [0, 0.1) is 11.3 Å². The minimum Gasteiger partial charge on any atom is -0.453 e. The predicted molar refractivity (Wildman–Crippen MR) is 234 cm³/mol. The zero-order valence-corrected chi connectivity index (χ0v) is 37.0. The number of hydrogen-bond acceptors (Lipinski definition) is 11. The average molecular weight is 857 g/mol. The maximum absolute atomic E-state index is 14.6. The summed E-state index contributed by atoms with van der Waals surface area (Å²) < 4.78 is 10.0. The van der Waals surface area contributed by atoms with Crippen LogP contribution in [0.15, 0.2) is 84.4 Å². The van der Waals surface area contributed by atoms with E-state index in [0.717, 1.165) is 33.1 Å². The Labute approximate surface area is 362 Å². The molecule has 0 saturated carbocycles. The van der Waals surface area contributed by atoms with Crippen LogP contribution >= 0.6 is 11.3 Å². The lowest BCUT2D eigenvalue weighted by Gasteiger charge is -2.38. The summed E-state index contributed by atoms with van der Waals surface area (Å²) in [5.41, 5.74) is 6.47. The highest BCUT2D eigenvalue weighted by Gasteiger charge is 2.44. The van der Waals surface area contributed by atoms with E-state index >= 15 is 0 Å². The molecule has 15 nitrogen and oxygen atoms in total. The van der Waals surface area contributed by atoms with Crippen LogP contribution in [0.3, 0.4) is 0 Å². The van der Waals surface area contributed by atoms with Gasteiger partial charge in [0.2, 0.25) is 5.91 Å². The van der Waals surface area contributed by atoms with E-state index in [4.69, 9.17) is 9.47 Å². The van der Waals surface area contributed by atoms with Gasteiger partial charge in [0.05, 0.1) is 43.8 Å². The molecule has 0 aliphatic carbocycles. The van der Waals surface area contributed by atoms with Gasteiger partial charge in [0.1, 0.15) is 17.1 Å². The Morgan fingerprint density at radius 1 is 0.951 bits per heavy atom. The zero-order chi connectivity index (χ0) is 44.1. The summed E-state index contributed by atoms with van der Waals surface area (Å²) in [6.07, 6.45) is 0.628. The third kappa shape index (κ3) is 13.0. The molecule has 0 bridgehead atoms. The van der Waals surface area contributed by atoms with Crippen molar-refractivity contribution in [2.75, 3.05) is 33.9 Å². The molecule has 5 rings (SSSR count). The number of hydrazine groups is 1. The van der Waals surface area contributed by atoms with Gasteiger partial charge in [0, 0.05) is 50.4 Å². The highest BCUT2D eigenvalue weighted by atomic mass is 32.1. The van der Waals surface area contributed by atoms with E-state index in [1.807, 2.05) is 113 Å². The smallest absolute Gasteiger partial charge is 0.407 e. The normalized spacial score (nSPS) is 15.5. The number of hydrogen-bond donors (Lipinski definition) is 4. The van der Waals surface area contributed by atoms with Gasteiger partial charge in [-0.3, -0.25) is 20.0 Å². The molecule has 4 N–H and O–H groups in total. The van der Waals surface area contributed by atoms with Gasteiger partial charge in [-0.15, -0.1) is 11.3 Å². The van der Waals surface area contributed by atoms with E-state index in [2.05, 4.69) is 26.0 Å². The highest BCUT2D eigenvalue weighted by Crippen LogP contribution is 2.29. The van der Waals surface area contributed by atoms with Gasteiger partial charge in [-0.1, -0.05) is 102 Å². The molecule has 0 unspecified atom stereocenters. The van der Waals surface area contributed by atoms with Crippen molar-refractivity contribution in [3.8, 4) is 11.3 Å². The van der Waals surface area contributed by atoms with Crippen molar-refractivity contribution in [2.45, 2.75) is 91.4 Å². The van der Waals surface area contributed by atoms with Crippen molar-refractivity contribution < 1.29 is 33.8 Å². The number of aliphatic hydroxyl groups excluding tert-OH is 1. The van der Waals surface area contributed by atoms with Gasteiger partial charge in [-0.25, -0.2) is 19.6 Å². The molecule has 4 aromatic rings. The third-order valence-corrected chi connectivity index (χ3v) is 11.6. The largest absolute Gasteiger partial charge is 0.453 e. The Balaban J connectivity index is 1.40. The van der Waals surface area contributed by atoms with Crippen LogP contribution in [0.25, 0.3) is 11.3 Å². The van der Waals surface area contributed by atoms with Crippen LogP contribution in [-0.2, 0) is 45.2 Å². The van der Waals surface area contributed by atoms with E-state index in [9.17, 15) is 24.3 Å².